The highest BCUT2D eigenvalue weighted by Crippen LogP contribution is 2.21. The monoisotopic (exact) mass is 342 g/mol. The summed E-state index contributed by atoms with van der Waals surface area (Å²) in [5.74, 6) is -2.42. The van der Waals surface area contributed by atoms with E-state index in [1.807, 2.05) is 0 Å². The van der Waals surface area contributed by atoms with Crippen LogP contribution in [0.25, 0.3) is 0 Å². The number of rotatable bonds is 3. The van der Waals surface area contributed by atoms with Crippen LogP contribution in [-0.2, 0) is 0 Å². The summed E-state index contributed by atoms with van der Waals surface area (Å²) in [6.07, 6.45) is -4.60. The van der Waals surface area contributed by atoms with E-state index in [2.05, 4.69) is 4.74 Å². The minimum absolute atomic E-state index is 0.0277. The van der Waals surface area contributed by atoms with Crippen LogP contribution in [0.2, 0.25) is 0 Å². The topological polar surface area (TPSA) is 83.8 Å². The molecule has 0 atom stereocenters. The summed E-state index contributed by atoms with van der Waals surface area (Å²) in [6.45, 7) is 1.48. The maximum absolute atomic E-state index is 11.5. The van der Waals surface area contributed by atoms with Gasteiger partial charge in [0.05, 0.1) is 11.1 Å². The molecule has 0 aliphatic rings. The van der Waals surface area contributed by atoms with Crippen molar-refractivity contribution < 1.29 is 37.7 Å². The summed E-state index contributed by atoms with van der Waals surface area (Å²) in [5.41, 5.74) is 0.335. The molecule has 0 aromatic heterocycles. The Labute approximate surface area is 134 Å². The molecule has 8 heteroatoms. The van der Waals surface area contributed by atoms with Gasteiger partial charge in [0.15, 0.2) is 0 Å². The first-order chi connectivity index (χ1) is 11.1. The van der Waals surface area contributed by atoms with Crippen LogP contribution >= 0.6 is 0 Å². The number of carbonyl (C=O) groups is 2. The first-order valence-electron chi connectivity index (χ1n) is 6.49. The summed E-state index contributed by atoms with van der Waals surface area (Å²) in [5, 5.41) is 17.4. The summed E-state index contributed by atoms with van der Waals surface area (Å²) >= 11 is 0. The van der Waals surface area contributed by atoms with Gasteiger partial charge in [0, 0.05) is 0 Å². The third-order valence-corrected chi connectivity index (χ3v) is 2.77. The first kappa shape index (κ1) is 19.0. The molecule has 0 spiro atoms. The van der Waals surface area contributed by atoms with Crippen molar-refractivity contribution in [2.24, 2.45) is 0 Å². The second-order valence-corrected chi connectivity index (χ2v) is 4.45. The third-order valence-electron chi connectivity index (χ3n) is 2.77. The Morgan fingerprint density at radius 2 is 1.33 bits per heavy atom. The zero-order valence-electron chi connectivity index (χ0n) is 12.4. The molecule has 0 aliphatic heterocycles. The second-order valence-electron chi connectivity index (χ2n) is 4.45. The number of halogens is 3. The highest BCUT2D eigenvalue weighted by molar-refractivity contribution is 5.96. The Morgan fingerprint density at radius 3 is 1.71 bits per heavy atom. The van der Waals surface area contributed by atoms with E-state index in [0.29, 0.717) is 0 Å². The van der Waals surface area contributed by atoms with Gasteiger partial charge in [0.2, 0.25) is 0 Å². The summed E-state index contributed by atoms with van der Waals surface area (Å²) < 4.78 is 38.2. The molecule has 0 amide bonds. The van der Waals surface area contributed by atoms with E-state index in [0.717, 1.165) is 0 Å². The standard InChI is InChI=1S/C9H8O4.C7H5F3O/c1-5-6(8(10)11)3-2-4-7(5)9(12)13;8-7(9,10)11-6-4-2-1-3-5-6/h2-4H,1H3,(H,10,11)(H,12,13);1-5H. The van der Waals surface area contributed by atoms with Crippen LogP contribution in [0.15, 0.2) is 48.5 Å². The highest BCUT2D eigenvalue weighted by Gasteiger charge is 2.30. The van der Waals surface area contributed by atoms with Crippen molar-refractivity contribution in [2.45, 2.75) is 13.3 Å². The Bertz CT molecular complexity index is 679. The van der Waals surface area contributed by atoms with Crippen molar-refractivity contribution in [3.05, 3.63) is 65.2 Å². The zero-order valence-corrected chi connectivity index (χ0v) is 12.4. The number of hydrogen-bond donors (Lipinski definition) is 2. The largest absolute Gasteiger partial charge is 0.573 e. The van der Waals surface area contributed by atoms with E-state index in [-0.39, 0.29) is 22.4 Å². The lowest BCUT2D eigenvalue weighted by molar-refractivity contribution is -0.274. The molecular formula is C16H13F3O5. The molecule has 0 saturated carbocycles. The molecule has 0 saturated heterocycles. The molecule has 0 radical (unpaired) electrons. The number of para-hydroxylation sites is 1. The fourth-order valence-corrected chi connectivity index (χ4v) is 1.72. The average molecular weight is 342 g/mol. The molecule has 2 N–H and O–H groups in total. The van der Waals surface area contributed by atoms with Gasteiger partial charge in [-0.15, -0.1) is 13.2 Å². The van der Waals surface area contributed by atoms with E-state index >= 15 is 0 Å². The van der Waals surface area contributed by atoms with Crippen LogP contribution in [0.5, 0.6) is 5.75 Å². The Hall–Kier alpha value is -3.03. The predicted octanol–water partition coefficient (Wildman–Crippen LogP) is 3.98. The van der Waals surface area contributed by atoms with Gasteiger partial charge in [-0.2, -0.15) is 0 Å². The number of hydrogen-bond acceptors (Lipinski definition) is 3. The first-order valence-corrected chi connectivity index (χ1v) is 6.49. The van der Waals surface area contributed by atoms with E-state index in [1.54, 1.807) is 6.07 Å². The zero-order chi connectivity index (χ0) is 18.3. The van der Waals surface area contributed by atoms with Gasteiger partial charge in [0.1, 0.15) is 5.75 Å². The minimum Gasteiger partial charge on any atom is -0.478 e. The van der Waals surface area contributed by atoms with Crippen LogP contribution in [0.3, 0.4) is 0 Å². The van der Waals surface area contributed by atoms with E-state index in [1.165, 1.54) is 49.4 Å². The van der Waals surface area contributed by atoms with E-state index in [4.69, 9.17) is 10.2 Å². The highest BCUT2D eigenvalue weighted by atomic mass is 19.4. The van der Waals surface area contributed by atoms with Gasteiger partial charge >= 0.3 is 18.3 Å². The maximum Gasteiger partial charge on any atom is 0.573 e. The molecule has 0 aliphatic carbocycles. The summed E-state index contributed by atoms with van der Waals surface area (Å²) in [6, 6.07) is 11.2. The van der Waals surface area contributed by atoms with Gasteiger partial charge in [-0.05, 0) is 36.8 Å². The third kappa shape index (κ3) is 5.99. The molecule has 128 valence electrons. The van der Waals surface area contributed by atoms with Gasteiger partial charge in [-0.25, -0.2) is 9.59 Å². The molecule has 2 rings (SSSR count). The number of aromatic carboxylic acids is 2. The quantitative estimate of drug-likeness (QED) is 0.881. The second kappa shape index (κ2) is 8.00. The van der Waals surface area contributed by atoms with Crippen LogP contribution in [0.1, 0.15) is 26.3 Å². The number of carboxylic acids is 2. The summed E-state index contributed by atoms with van der Waals surface area (Å²) in [7, 11) is 0. The number of benzene rings is 2. The average Bonchev–Trinajstić information content (AvgIpc) is 2.46. The lowest BCUT2D eigenvalue weighted by atomic mass is 10.0. The fraction of sp³-hybridized carbons (Fsp3) is 0.125. The lowest BCUT2D eigenvalue weighted by Gasteiger charge is -2.07. The van der Waals surface area contributed by atoms with Crippen LogP contribution in [-0.4, -0.2) is 28.5 Å². The van der Waals surface area contributed by atoms with Crippen molar-refractivity contribution in [1.29, 1.82) is 0 Å². The van der Waals surface area contributed by atoms with Crippen molar-refractivity contribution in [2.75, 3.05) is 0 Å². The molecular weight excluding hydrogens is 329 g/mol. The van der Waals surface area contributed by atoms with Gasteiger partial charge < -0.3 is 14.9 Å². The molecule has 0 bridgehead atoms. The molecule has 5 nitrogen and oxygen atoms in total. The maximum atomic E-state index is 11.5. The van der Waals surface area contributed by atoms with Gasteiger partial charge in [-0.3, -0.25) is 0 Å². The molecule has 24 heavy (non-hydrogen) atoms. The van der Waals surface area contributed by atoms with Crippen molar-refractivity contribution >= 4 is 11.9 Å². The van der Waals surface area contributed by atoms with E-state index in [9.17, 15) is 22.8 Å². The van der Waals surface area contributed by atoms with Crippen molar-refractivity contribution in [3.63, 3.8) is 0 Å². The number of carboxylic acid groups (broad SMARTS) is 2. The van der Waals surface area contributed by atoms with Gasteiger partial charge in [0.25, 0.3) is 0 Å². The number of ether oxygens (including phenoxy) is 1. The Morgan fingerprint density at radius 1 is 0.875 bits per heavy atom. The number of alkyl halides is 3. The van der Waals surface area contributed by atoms with Crippen LogP contribution in [0.4, 0.5) is 13.2 Å². The molecule has 0 fully saturated rings. The van der Waals surface area contributed by atoms with Gasteiger partial charge in [-0.1, -0.05) is 24.3 Å². The van der Waals surface area contributed by atoms with Crippen LogP contribution < -0.4 is 4.74 Å². The van der Waals surface area contributed by atoms with Crippen molar-refractivity contribution in [1.82, 2.24) is 0 Å². The van der Waals surface area contributed by atoms with Crippen molar-refractivity contribution in [3.8, 4) is 5.75 Å². The molecule has 2 aromatic carbocycles. The Kier molecular flexibility index (Phi) is 6.34. The van der Waals surface area contributed by atoms with E-state index < -0.39 is 18.3 Å². The Balaban J connectivity index is 0.000000243. The normalized spacial score (nSPS) is 10.3. The van der Waals surface area contributed by atoms with Crippen LogP contribution in [0, 0.1) is 6.92 Å². The predicted molar refractivity (Wildman–Crippen MR) is 78.2 cm³/mol. The molecule has 0 heterocycles. The summed E-state index contributed by atoms with van der Waals surface area (Å²) in [4.78, 5) is 21.2. The lowest BCUT2D eigenvalue weighted by Crippen LogP contribution is -2.16. The smallest absolute Gasteiger partial charge is 0.478 e. The SMILES string of the molecule is Cc1c(C(=O)O)cccc1C(=O)O.FC(F)(F)Oc1ccccc1. The minimum atomic E-state index is -4.60. The molecule has 2 aromatic rings. The molecule has 0 unspecified atom stereocenters. The fourth-order valence-electron chi connectivity index (χ4n) is 1.72.